The SMILES string of the molecule is Fc1ccc(NC(=S)N2CC=C(c3c[nH]c4ccccc34)CC2)cc1. The molecule has 0 amide bonds. The van der Waals surface area contributed by atoms with E-state index in [4.69, 9.17) is 12.2 Å². The number of hydrogen-bond donors (Lipinski definition) is 2. The maximum atomic E-state index is 13.0. The van der Waals surface area contributed by atoms with Crippen molar-refractivity contribution in [3.8, 4) is 0 Å². The van der Waals surface area contributed by atoms with Crippen molar-refractivity contribution in [2.24, 2.45) is 0 Å². The fraction of sp³-hybridized carbons (Fsp3) is 0.150. The minimum atomic E-state index is -0.249. The minimum absolute atomic E-state index is 0.249. The number of H-pyrrole nitrogens is 1. The predicted octanol–water partition coefficient (Wildman–Crippen LogP) is 4.79. The summed E-state index contributed by atoms with van der Waals surface area (Å²) in [5.74, 6) is -0.249. The molecule has 5 heteroatoms. The fourth-order valence-corrected chi connectivity index (χ4v) is 3.45. The van der Waals surface area contributed by atoms with Gasteiger partial charge in [-0.2, -0.15) is 0 Å². The summed E-state index contributed by atoms with van der Waals surface area (Å²) >= 11 is 5.49. The average molecular weight is 351 g/mol. The lowest BCUT2D eigenvalue weighted by molar-refractivity contribution is 0.466. The lowest BCUT2D eigenvalue weighted by atomic mass is 9.99. The normalized spacial score (nSPS) is 14.4. The Bertz CT molecular complexity index is 943. The molecule has 1 aliphatic heterocycles. The molecule has 0 fully saturated rings. The lowest BCUT2D eigenvalue weighted by Crippen LogP contribution is -2.37. The first-order chi connectivity index (χ1) is 12.2. The number of anilines is 1. The number of rotatable bonds is 2. The molecule has 3 aromatic rings. The van der Waals surface area contributed by atoms with Gasteiger partial charge in [0.2, 0.25) is 0 Å². The van der Waals surface area contributed by atoms with E-state index in [9.17, 15) is 4.39 Å². The van der Waals surface area contributed by atoms with Crippen LogP contribution >= 0.6 is 12.2 Å². The van der Waals surface area contributed by atoms with E-state index in [2.05, 4.69) is 45.7 Å². The summed E-state index contributed by atoms with van der Waals surface area (Å²) in [5.41, 5.74) is 4.58. The van der Waals surface area contributed by atoms with Crippen LogP contribution in [-0.4, -0.2) is 28.1 Å². The molecule has 2 heterocycles. The molecular formula is C20H18FN3S. The van der Waals surface area contributed by atoms with Crippen LogP contribution in [0.2, 0.25) is 0 Å². The maximum Gasteiger partial charge on any atom is 0.173 e. The third-order valence-corrected chi connectivity index (χ3v) is 4.89. The second kappa shape index (κ2) is 6.69. The van der Waals surface area contributed by atoms with Gasteiger partial charge in [-0.05, 0) is 54.5 Å². The van der Waals surface area contributed by atoms with Crippen molar-refractivity contribution < 1.29 is 4.39 Å². The van der Waals surface area contributed by atoms with Gasteiger partial charge in [0.15, 0.2) is 5.11 Å². The van der Waals surface area contributed by atoms with Crippen LogP contribution in [0.25, 0.3) is 16.5 Å². The highest BCUT2D eigenvalue weighted by Crippen LogP contribution is 2.29. The summed E-state index contributed by atoms with van der Waals surface area (Å²) in [7, 11) is 0. The van der Waals surface area contributed by atoms with Crippen molar-refractivity contribution in [3.63, 3.8) is 0 Å². The van der Waals surface area contributed by atoms with Gasteiger partial charge in [-0.1, -0.05) is 24.3 Å². The van der Waals surface area contributed by atoms with Crippen LogP contribution in [0.15, 0.2) is 60.8 Å². The van der Waals surface area contributed by atoms with Gasteiger partial charge < -0.3 is 15.2 Å². The van der Waals surface area contributed by atoms with Crippen molar-refractivity contribution in [2.75, 3.05) is 18.4 Å². The second-order valence-corrected chi connectivity index (χ2v) is 6.50. The molecule has 126 valence electrons. The molecule has 1 aromatic heterocycles. The van der Waals surface area contributed by atoms with Gasteiger partial charge >= 0.3 is 0 Å². The first kappa shape index (κ1) is 15.8. The molecule has 0 unspecified atom stereocenters. The summed E-state index contributed by atoms with van der Waals surface area (Å²) in [5, 5.41) is 5.10. The van der Waals surface area contributed by atoms with Gasteiger partial charge in [0.25, 0.3) is 0 Å². The van der Waals surface area contributed by atoms with Crippen molar-refractivity contribution >= 4 is 39.5 Å². The summed E-state index contributed by atoms with van der Waals surface area (Å²) in [6.07, 6.45) is 5.26. The Kier molecular flexibility index (Phi) is 4.24. The van der Waals surface area contributed by atoms with Gasteiger partial charge in [0.05, 0.1) is 0 Å². The quantitative estimate of drug-likeness (QED) is 0.651. The van der Waals surface area contributed by atoms with E-state index in [1.165, 1.54) is 28.7 Å². The van der Waals surface area contributed by atoms with Gasteiger partial charge in [0.1, 0.15) is 5.82 Å². The second-order valence-electron chi connectivity index (χ2n) is 6.11. The van der Waals surface area contributed by atoms with E-state index >= 15 is 0 Å². The Labute approximate surface area is 151 Å². The highest BCUT2D eigenvalue weighted by Gasteiger charge is 2.17. The van der Waals surface area contributed by atoms with Crippen molar-refractivity contribution in [1.82, 2.24) is 9.88 Å². The fourth-order valence-electron chi connectivity index (χ4n) is 3.17. The zero-order valence-corrected chi connectivity index (χ0v) is 14.4. The molecule has 0 saturated carbocycles. The number of nitrogens with one attached hydrogen (secondary N) is 2. The van der Waals surface area contributed by atoms with Crippen LogP contribution in [0, 0.1) is 5.82 Å². The van der Waals surface area contributed by atoms with Gasteiger partial charge in [0, 0.05) is 41.4 Å². The Hall–Kier alpha value is -2.66. The molecule has 25 heavy (non-hydrogen) atoms. The number of para-hydroxylation sites is 1. The Balaban J connectivity index is 1.46. The third kappa shape index (κ3) is 3.28. The van der Waals surface area contributed by atoms with Crippen LogP contribution < -0.4 is 5.32 Å². The zero-order valence-electron chi connectivity index (χ0n) is 13.6. The number of benzene rings is 2. The van der Waals surface area contributed by atoms with E-state index < -0.39 is 0 Å². The largest absolute Gasteiger partial charge is 0.361 e. The molecule has 0 saturated heterocycles. The van der Waals surface area contributed by atoms with E-state index in [0.29, 0.717) is 5.11 Å². The molecule has 3 nitrogen and oxygen atoms in total. The average Bonchev–Trinajstić information content (AvgIpc) is 3.08. The predicted molar refractivity (Wildman–Crippen MR) is 105 cm³/mol. The number of aromatic nitrogens is 1. The Morgan fingerprint density at radius 2 is 1.92 bits per heavy atom. The number of halogens is 1. The lowest BCUT2D eigenvalue weighted by Gasteiger charge is -2.29. The molecule has 0 atom stereocenters. The summed E-state index contributed by atoms with van der Waals surface area (Å²) in [6, 6.07) is 14.6. The van der Waals surface area contributed by atoms with Gasteiger partial charge in [-0.25, -0.2) is 4.39 Å². The molecule has 0 bridgehead atoms. The van der Waals surface area contributed by atoms with Gasteiger partial charge in [-0.15, -0.1) is 0 Å². The Morgan fingerprint density at radius 3 is 2.68 bits per heavy atom. The first-order valence-electron chi connectivity index (χ1n) is 8.28. The van der Waals surface area contributed by atoms with E-state index in [1.54, 1.807) is 12.1 Å². The highest BCUT2D eigenvalue weighted by atomic mass is 32.1. The smallest absolute Gasteiger partial charge is 0.173 e. The Morgan fingerprint density at radius 1 is 1.12 bits per heavy atom. The number of fused-ring (bicyclic) bond motifs is 1. The summed E-state index contributed by atoms with van der Waals surface area (Å²) in [4.78, 5) is 5.46. The van der Waals surface area contributed by atoms with E-state index in [-0.39, 0.29) is 5.82 Å². The molecule has 2 N–H and O–H groups in total. The number of nitrogens with zero attached hydrogens (tertiary/aromatic N) is 1. The number of hydrogen-bond acceptors (Lipinski definition) is 1. The number of aromatic amines is 1. The molecule has 0 aliphatic carbocycles. The zero-order chi connectivity index (χ0) is 17.2. The van der Waals surface area contributed by atoms with E-state index in [1.807, 2.05) is 6.07 Å². The van der Waals surface area contributed by atoms with E-state index in [0.717, 1.165) is 30.7 Å². The van der Waals surface area contributed by atoms with Crippen LogP contribution in [0.5, 0.6) is 0 Å². The standard InChI is InChI=1S/C20H18FN3S/c21-15-5-7-16(8-6-15)23-20(25)24-11-9-14(10-12-24)18-13-22-19-4-2-1-3-17(18)19/h1-9,13,22H,10-12H2,(H,23,25). The molecular weight excluding hydrogens is 333 g/mol. The molecule has 0 radical (unpaired) electrons. The van der Waals surface area contributed by atoms with Gasteiger partial charge in [-0.3, -0.25) is 0 Å². The first-order valence-corrected chi connectivity index (χ1v) is 8.68. The van der Waals surface area contributed by atoms with Crippen molar-refractivity contribution in [1.29, 1.82) is 0 Å². The molecule has 1 aliphatic rings. The molecule has 0 spiro atoms. The monoisotopic (exact) mass is 351 g/mol. The van der Waals surface area contributed by atoms with Crippen LogP contribution in [0.1, 0.15) is 12.0 Å². The third-order valence-electron chi connectivity index (χ3n) is 4.53. The summed E-state index contributed by atoms with van der Waals surface area (Å²) < 4.78 is 13.0. The van der Waals surface area contributed by atoms with Crippen LogP contribution in [-0.2, 0) is 0 Å². The van der Waals surface area contributed by atoms with Crippen molar-refractivity contribution in [3.05, 3.63) is 72.2 Å². The molecule has 2 aromatic carbocycles. The number of thiocarbonyl (C=S) groups is 1. The van der Waals surface area contributed by atoms with Crippen molar-refractivity contribution in [2.45, 2.75) is 6.42 Å². The minimum Gasteiger partial charge on any atom is -0.361 e. The topological polar surface area (TPSA) is 31.1 Å². The maximum absolute atomic E-state index is 13.0. The van der Waals surface area contributed by atoms with Crippen LogP contribution in [0.4, 0.5) is 10.1 Å². The summed E-state index contributed by atoms with van der Waals surface area (Å²) in [6.45, 7) is 1.63. The highest BCUT2D eigenvalue weighted by molar-refractivity contribution is 7.80. The molecule has 4 rings (SSSR count). The van der Waals surface area contributed by atoms with Crippen LogP contribution in [0.3, 0.4) is 0 Å².